The molecule has 0 atom stereocenters. The van der Waals surface area contributed by atoms with Crippen LogP contribution in [0.4, 0.5) is 17.1 Å². The summed E-state index contributed by atoms with van der Waals surface area (Å²) in [6.07, 6.45) is 0. The van der Waals surface area contributed by atoms with Gasteiger partial charge in [-0.25, -0.2) is 0 Å². The third kappa shape index (κ3) is 3.34. The van der Waals surface area contributed by atoms with Crippen molar-refractivity contribution in [3.05, 3.63) is 151 Å². The molecule has 0 aromatic heterocycles. The van der Waals surface area contributed by atoms with Crippen LogP contribution in [0, 0.1) is 0 Å². The molecule has 1 aliphatic rings. The topological polar surface area (TPSA) is 3.24 Å². The minimum Gasteiger partial charge on any atom is -0.310 e. The Hall–Kier alpha value is -4.88. The van der Waals surface area contributed by atoms with E-state index in [1.165, 1.54) is 54.6 Å². The predicted octanol–water partition coefficient (Wildman–Crippen LogP) is 10.9. The van der Waals surface area contributed by atoms with Crippen LogP contribution < -0.4 is 4.90 Å². The molecule has 0 N–H and O–H groups in total. The summed E-state index contributed by atoms with van der Waals surface area (Å²) in [5.74, 6) is 0. The van der Waals surface area contributed by atoms with Gasteiger partial charge in [-0.2, -0.15) is 0 Å². The van der Waals surface area contributed by atoms with Crippen LogP contribution in [0.5, 0.6) is 0 Å². The number of hydrogen-bond acceptors (Lipinski definition) is 1. The Morgan fingerprint density at radius 1 is 0.425 bits per heavy atom. The Kier molecular flexibility index (Phi) is 4.93. The van der Waals surface area contributed by atoms with Crippen LogP contribution in [0.25, 0.3) is 43.4 Å². The Morgan fingerprint density at radius 2 is 1.02 bits per heavy atom. The maximum atomic E-state index is 2.45. The Labute approximate surface area is 234 Å². The lowest BCUT2D eigenvalue weighted by molar-refractivity contribution is 0.661. The third-order valence-electron chi connectivity index (χ3n) is 8.79. The van der Waals surface area contributed by atoms with Gasteiger partial charge >= 0.3 is 0 Å². The van der Waals surface area contributed by atoms with Crippen molar-refractivity contribution in [3.8, 4) is 11.1 Å². The van der Waals surface area contributed by atoms with E-state index in [9.17, 15) is 0 Å². The van der Waals surface area contributed by atoms with E-state index in [0.29, 0.717) is 0 Å². The second-order valence-corrected chi connectivity index (χ2v) is 11.4. The van der Waals surface area contributed by atoms with Crippen molar-refractivity contribution in [3.63, 3.8) is 0 Å². The first-order valence-electron chi connectivity index (χ1n) is 14.0. The molecule has 0 unspecified atom stereocenters. The zero-order chi connectivity index (χ0) is 26.8. The quantitative estimate of drug-likeness (QED) is 0.213. The van der Waals surface area contributed by atoms with Crippen LogP contribution >= 0.6 is 0 Å². The maximum Gasteiger partial charge on any atom is 0.0468 e. The highest BCUT2D eigenvalue weighted by atomic mass is 15.1. The van der Waals surface area contributed by atoms with E-state index < -0.39 is 0 Å². The van der Waals surface area contributed by atoms with E-state index in [0.717, 1.165) is 17.1 Å². The summed E-state index contributed by atoms with van der Waals surface area (Å²) in [7, 11) is 0. The molecule has 0 fully saturated rings. The zero-order valence-corrected chi connectivity index (χ0v) is 22.7. The first kappa shape index (κ1) is 23.0. The second-order valence-electron chi connectivity index (χ2n) is 11.4. The van der Waals surface area contributed by atoms with E-state index in [1.54, 1.807) is 0 Å². The zero-order valence-electron chi connectivity index (χ0n) is 22.7. The molecule has 190 valence electrons. The molecule has 1 aliphatic carbocycles. The van der Waals surface area contributed by atoms with Crippen LogP contribution in [0.2, 0.25) is 0 Å². The first-order valence-corrected chi connectivity index (χ1v) is 14.0. The number of fused-ring (bicyclic) bond motifs is 8. The SMILES string of the molecule is CC1(C)c2ccccc2-c2cc3c(ccc4ccc5cc(N(c6ccccc6)c6ccccc6)ccc5c43)cc21. The van der Waals surface area contributed by atoms with Gasteiger partial charge < -0.3 is 4.90 Å². The summed E-state index contributed by atoms with van der Waals surface area (Å²) in [6, 6.07) is 51.1. The predicted molar refractivity (Wildman–Crippen MR) is 171 cm³/mol. The summed E-state index contributed by atoms with van der Waals surface area (Å²) in [6.45, 7) is 4.71. The van der Waals surface area contributed by atoms with Gasteiger partial charge in [-0.05, 0) is 103 Å². The number of hydrogen-bond donors (Lipinski definition) is 0. The molecule has 0 spiro atoms. The van der Waals surface area contributed by atoms with Crippen LogP contribution in [-0.2, 0) is 5.41 Å². The number of para-hydroxylation sites is 2. The van der Waals surface area contributed by atoms with E-state index in [1.807, 2.05) is 0 Å². The number of benzene rings is 7. The van der Waals surface area contributed by atoms with Crippen LogP contribution in [0.1, 0.15) is 25.0 Å². The molecule has 7 aromatic rings. The van der Waals surface area contributed by atoms with Gasteiger partial charge in [0.1, 0.15) is 0 Å². The van der Waals surface area contributed by atoms with Gasteiger partial charge in [0.2, 0.25) is 0 Å². The van der Waals surface area contributed by atoms with Gasteiger partial charge in [0.15, 0.2) is 0 Å². The highest BCUT2D eigenvalue weighted by Gasteiger charge is 2.35. The highest BCUT2D eigenvalue weighted by Crippen LogP contribution is 2.50. The molecule has 0 amide bonds. The largest absolute Gasteiger partial charge is 0.310 e. The highest BCUT2D eigenvalue weighted by molar-refractivity contribution is 6.21. The number of anilines is 3. The Morgan fingerprint density at radius 3 is 1.73 bits per heavy atom. The third-order valence-corrected chi connectivity index (χ3v) is 8.79. The average Bonchev–Trinajstić information content (AvgIpc) is 3.23. The van der Waals surface area contributed by atoms with Crippen LogP contribution in [0.15, 0.2) is 140 Å². The van der Waals surface area contributed by atoms with Crippen molar-refractivity contribution >= 4 is 49.4 Å². The van der Waals surface area contributed by atoms with E-state index in [2.05, 4.69) is 158 Å². The van der Waals surface area contributed by atoms with Gasteiger partial charge in [-0.15, -0.1) is 0 Å². The van der Waals surface area contributed by atoms with Crippen molar-refractivity contribution < 1.29 is 0 Å². The van der Waals surface area contributed by atoms with E-state index in [4.69, 9.17) is 0 Å². The molecule has 1 heteroatoms. The lowest BCUT2D eigenvalue weighted by atomic mass is 9.81. The summed E-state index contributed by atoms with van der Waals surface area (Å²) in [5, 5.41) is 7.77. The lowest BCUT2D eigenvalue weighted by Crippen LogP contribution is -2.14. The van der Waals surface area contributed by atoms with Crippen molar-refractivity contribution in [2.45, 2.75) is 19.3 Å². The molecule has 1 nitrogen and oxygen atoms in total. The Balaban J connectivity index is 1.37. The van der Waals surface area contributed by atoms with Gasteiger partial charge in [-0.3, -0.25) is 0 Å². The van der Waals surface area contributed by atoms with Crippen molar-refractivity contribution in [1.29, 1.82) is 0 Å². The van der Waals surface area contributed by atoms with Gasteiger partial charge in [0.25, 0.3) is 0 Å². The van der Waals surface area contributed by atoms with Gasteiger partial charge in [0, 0.05) is 22.5 Å². The number of rotatable bonds is 3. The molecule has 8 rings (SSSR count). The van der Waals surface area contributed by atoms with E-state index >= 15 is 0 Å². The minimum absolute atomic E-state index is 0.00106. The van der Waals surface area contributed by atoms with Gasteiger partial charge in [0.05, 0.1) is 0 Å². The molecule has 0 bridgehead atoms. The minimum atomic E-state index is 0.00106. The summed E-state index contributed by atoms with van der Waals surface area (Å²) in [5.41, 5.74) is 9.03. The summed E-state index contributed by atoms with van der Waals surface area (Å²) < 4.78 is 0. The Bertz CT molecular complexity index is 2030. The fourth-order valence-electron chi connectivity index (χ4n) is 6.81. The smallest absolute Gasteiger partial charge is 0.0468 e. The molecular weight excluding hydrogens is 482 g/mol. The molecule has 0 saturated carbocycles. The summed E-state index contributed by atoms with van der Waals surface area (Å²) in [4.78, 5) is 2.33. The fraction of sp³-hybridized carbons (Fsp3) is 0.0769. The normalized spacial score (nSPS) is 13.4. The van der Waals surface area contributed by atoms with Gasteiger partial charge in [-0.1, -0.05) is 105 Å². The standard InChI is InChI=1S/C39H29N/c1-39(2)36-16-10-9-15-33(36)35-25-34-28(24-37(35)39)20-18-26-17-19-27-23-31(21-22-32(27)38(26)34)40(29-11-5-3-6-12-29)30-13-7-4-8-14-30/h3-25H,1-2H3. The van der Waals surface area contributed by atoms with Crippen LogP contribution in [-0.4, -0.2) is 0 Å². The molecule has 7 aromatic carbocycles. The monoisotopic (exact) mass is 511 g/mol. The molecule has 0 aliphatic heterocycles. The average molecular weight is 512 g/mol. The second kappa shape index (κ2) is 8.56. The fourth-order valence-corrected chi connectivity index (χ4v) is 6.81. The van der Waals surface area contributed by atoms with Crippen molar-refractivity contribution in [2.24, 2.45) is 0 Å². The molecule has 0 radical (unpaired) electrons. The van der Waals surface area contributed by atoms with Crippen LogP contribution in [0.3, 0.4) is 0 Å². The molecule has 40 heavy (non-hydrogen) atoms. The first-order chi connectivity index (χ1) is 19.6. The summed E-state index contributed by atoms with van der Waals surface area (Å²) >= 11 is 0. The van der Waals surface area contributed by atoms with Crippen molar-refractivity contribution in [2.75, 3.05) is 4.90 Å². The molecular formula is C39H29N. The van der Waals surface area contributed by atoms with E-state index in [-0.39, 0.29) is 5.41 Å². The maximum absolute atomic E-state index is 2.45. The molecule has 0 heterocycles. The van der Waals surface area contributed by atoms with Crippen molar-refractivity contribution in [1.82, 2.24) is 0 Å². The number of nitrogens with zero attached hydrogens (tertiary/aromatic N) is 1. The lowest BCUT2D eigenvalue weighted by Gasteiger charge is -2.26. The molecule has 0 saturated heterocycles.